The molecule has 0 aliphatic heterocycles. The molecule has 0 fully saturated rings. The lowest BCUT2D eigenvalue weighted by molar-refractivity contribution is -0.125. The number of hydrogen-bond donors (Lipinski definition) is 6. The third-order valence-electron chi connectivity index (χ3n) is 3.77. The molecule has 1 aromatic carbocycles. The summed E-state index contributed by atoms with van der Waals surface area (Å²) in [6.07, 6.45) is -1.06. The van der Waals surface area contributed by atoms with E-state index in [4.69, 9.17) is 11.1 Å². The summed E-state index contributed by atoms with van der Waals surface area (Å²) in [5, 5.41) is 24.5. The summed E-state index contributed by atoms with van der Waals surface area (Å²) in [6.45, 7) is 5.33. The summed E-state index contributed by atoms with van der Waals surface area (Å²) in [7, 11) is 0. The highest BCUT2D eigenvalue weighted by molar-refractivity contribution is 5.96. The van der Waals surface area contributed by atoms with E-state index in [1.807, 2.05) is 0 Å². The van der Waals surface area contributed by atoms with Gasteiger partial charge in [-0.2, -0.15) is 0 Å². The van der Waals surface area contributed by atoms with E-state index in [0.29, 0.717) is 11.3 Å². The van der Waals surface area contributed by atoms with Crippen molar-refractivity contribution in [3.8, 4) is 0 Å². The lowest BCUT2D eigenvalue weighted by atomic mass is 10.1. The molecule has 28 heavy (non-hydrogen) atoms. The first kappa shape index (κ1) is 22.7. The van der Waals surface area contributed by atoms with Crippen LogP contribution in [-0.4, -0.2) is 65.5 Å². The van der Waals surface area contributed by atoms with Crippen molar-refractivity contribution >= 4 is 29.4 Å². The summed E-state index contributed by atoms with van der Waals surface area (Å²) in [4.78, 5) is 36.1. The van der Waals surface area contributed by atoms with E-state index < -0.39 is 17.5 Å². The quantitative estimate of drug-likeness (QED) is 0.263. The second-order valence-corrected chi connectivity index (χ2v) is 7.08. The van der Waals surface area contributed by atoms with E-state index in [1.54, 1.807) is 45.0 Å². The zero-order valence-electron chi connectivity index (χ0n) is 16.3. The van der Waals surface area contributed by atoms with Crippen LogP contribution in [-0.2, 0) is 9.59 Å². The number of carbonyl (C=O) groups excluding carboxylic acids is 2. The Bertz CT molecular complexity index is 729. The third-order valence-corrected chi connectivity index (χ3v) is 3.77. The molecule has 0 heterocycles. The number of nitrogens with one attached hydrogen (secondary N) is 4. The van der Waals surface area contributed by atoms with Crippen molar-refractivity contribution in [2.24, 2.45) is 5.73 Å². The minimum atomic E-state index is -1.06. The summed E-state index contributed by atoms with van der Waals surface area (Å²) in [5.74, 6) is -0.867. The first-order valence-corrected chi connectivity index (χ1v) is 8.73. The highest BCUT2D eigenvalue weighted by Crippen LogP contribution is 2.12. The molecular weight excluding hydrogens is 364 g/mol. The van der Waals surface area contributed by atoms with Gasteiger partial charge in [-0.15, -0.1) is 0 Å². The molecule has 1 rings (SSSR count). The molecule has 7 N–H and O–H groups in total. The number of amides is 3. The lowest BCUT2D eigenvalue weighted by Gasteiger charge is -2.33. The number of nitrogens with zero attached hydrogens (tertiary/aromatic N) is 1. The van der Waals surface area contributed by atoms with Crippen LogP contribution in [0.2, 0.25) is 0 Å². The Balaban J connectivity index is 2.33. The number of amidine groups is 1. The van der Waals surface area contributed by atoms with Crippen LogP contribution in [0.5, 0.6) is 0 Å². The predicted molar refractivity (Wildman–Crippen MR) is 106 cm³/mol. The predicted octanol–water partition coefficient (Wildman–Crippen LogP) is 0.393. The van der Waals surface area contributed by atoms with E-state index in [0.717, 1.165) is 0 Å². The smallest absolute Gasteiger partial charge is 0.407 e. The van der Waals surface area contributed by atoms with Crippen molar-refractivity contribution in [1.29, 1.82) is 5.41 Å². The van der Waals surface area contributed by atoms with Crippen molar-refractivity contribution in [1.82, 2.24) is 15.5 Å². The van der Waals surface area contributed by atoms with Gasteiger partial charge < -0.3 is 31.7 Å². The minimum Gasteiger partial charge on any atom is -0.465 e. The molecule has 0 saturated carbocycles. The molecule has 3 amide bonds. The molecule has 0 bridgehead atoms. The van der Waals surface area contributed by atoms with Crippen LogP contribution in [0.4, 0.5) is 10.5 Å². The highest BCUT2D eigenvalue weighted by atomic mass is 16.4. The van der Waals surface area contributed by atoms with Crippen molar-refractivity contribution in [3.05, 3.63) is 29.8 Å². The Morgan fingerprint density at radius 3 is 2.36 bits per heavy atom. The Morgan fingerprint density at radius 1 is 1.14 bits per heavy atom. The van der Waals surface area contributed by atoms with Crippen molar-refractivity contribution in [2.45, 2.75) is 26.3 Å². The Morgan fingerprint density at radius 2 is 1.79 bits per heavy atom. The molecule has 0 atom stereocenters. The van der Waals surface area contributed by atoms with Gasteiger partial charge in [0.05, 0.1) is 13.1 Å². The topological polar surface area (TPSA) is 161 Å². The zero-order chi connectivity index (χ0) is 21.3. The number of nitrogen functional groups attached to an aromatic ring is 1. The molecule has 10 nitrogen and oxygen atoms in total. The summed E-state index contributed by atoms with van der Waals surface area (Å²) >= 11 is 0. The van der Waals surface area contributed by atoms with Crippen molar-refractivity contribution in [3.63, 3.8) is 0 Å². The van der Waals surface area contributed by atoms with Crippen molar-refractivity contribution in [2.75, 3.05) is 31.5 Å². The SMILES string of the molecule is CC(C)(C)N(CCNC(=O)CNC(=O)CNc1cccc(C(=N)N)c1)C(=O)O. The molecule has 1 aromatic rings. The van der Waals surface area contributed by atoms with Gasteiger partial charge in [-0.25, -0.2) is 4.79 Å². The summed E-state index contributed by atoms with van der Waals surface area (Å²) in [6, 6.07) is 6.77. The van der Waals surface area contributed by atoms with E-state index in [9.17, 15) is 19.5 Å². The second kappa shape index (κ2) is 10.1. The number of hydrogen-bond acceptors (Lipinski definition) is 5. The highest BCUT2D eigenvalue weighted by Gasteiger charge is 2.25. The van der Waals surface area contributed by atoms with Crippen LogP contribution in [0.25, 0.3) is 0 Å². The zero-order valence-corrected chi connectivity index (χ0v) is 16.3. The van der Waals surface area contributed by atoms with Gasteiger partial charge in [0.2, 0.25) is 11.8 Å². The van der Waals surface area contributed by atoms with Crippen LogP contribution in [0.3, 0.4) is 0 Å². The van der Waals surface area contributed by atoms with Gasteiger partial charge in [-0.1, -0.05) is 12.1 Å². The fourth-order valence-corrected chi connectivity index (χ4v) is 2.31. The summed E-state index contributed by atoms with van der Waals surface area (Å²) in [5.41, 5.74) is 6.01. The van der Waals surface area contributed by atoms with E-state index in [1.165, 1.54) is 4.90 Å². The standard InChI is InChI=1S/C18H28N6O4/c1-18(2,3)24(17(27)28)8-7-21-14(25)11-23-15(26)10-22-13-6-4-5-12(9-13)16(19)20/h4-6,9,22H,7-8,10-11H2,1-3H3,(H3,19,20)(H,21,25)(H,23,26)(H,27,28). The second-order valence-electron chi connectivity index (χ2n) is 7.08. The molecule has 154 valence electrons. The largest absolute Gasteiger partial charge is 0.465 e. The van der Waals surface area contributed by atoms with Crippen LogP contribution < -0.4 is 21.7 Å². The first-order valence-electron chi connectivity index (χ1n) is 8.73. The van der Waals surface area contributed by atoms with Crippen LogP contribution in [0.15, 0.2) is 24.3 Å². The maximum atomic E-state index is 11.8. The number of anilines is 1. The Kier molecular flexibility index (Phi) is 8.24. The Hall–Kier alpha value is -3.30. The average Bonchev–Trinajstić information content (AvgIpc) is 2.60. The maximum absolute atomic E-state index is 11.8. The fraction of sp³-hybridized carbons (Fsp3) is 0.444. The van der Waals surface area contributed by atoms with Crippen molar-refractivity contribution < 1.29 is 19.5 Å². The van der Waals surface area contributed by atoms with E-state index in [2.05, 4.69) is 16.0 Å². The molecule has 10 heteroatoms. The van der Waals surface area contributed by atoms with Gasteiger partial charge in [0.15, 0.2) is 0 Å². The van der Waals surface area contributed by atoms with E-state index in [-0.39, 0.29) is 37.9 Å². The molecule has 0 aromatic heterocycles. The van der Waals surface area contributed by atoms with Crippen LogP contribution >= 0.6 is 0 Å². The molecule has 0 radical (unpaired) electrons. The van der Waals surface area contributed by atoms with Crippen LogP contribution in [0.1, 0.15) is 26.3 Å². The van der Waals surface area contributed by atoms with Gasteiger partial charge in [0.1, 0.15) is 5.84 Å². The molecule has 0 saturated heterocycles. The number of benzene rings is 1. The molecule has 0 aliphatic rings. The number of nitrogens with two attached hydrogens (primary N) is 1. The maximum Gasteiger partial charge on any atom is 0.407 e. The van der Waals surface area contributed by atoms with Gasteiger partial charge >= 0.3 is 6.09 Å². The lowest BCUT2D eigenvalue weighted by Crippen LogP contribution is -2.49. The molecule has 0 spiro atoms. The van der Waals surface area contributed by atoms with E-state index >= 15 is 0 Å². The van der Waals surface area contributed by atoms with Gasteiger partial charge in [0.25, 0.3) is 0 Å². The molecule has 0 unspecified atom stereocenters. The summed E-state index contributed by atoms with van der Waals surface area (Å²) < 4.78 is 0. The fourth-order valence-electron chi connectivity index (χ4n) is 2.31. The number of rotatable bonds is 9. The number of carbonyl (C=O) groups is 3. The monoisotopic (exact) mass is 392 g/mol. The third kappa shape index (κ3) is 7.94. The first-order chi connectivity index (χ1) is 13.0. The minimum absolute atomic E-state index is 0.0501. The van der Waals surface area contributed by atoms with Crippen LogP contribution in [0, 0.1) is 5.41 Å². The van der Waals surface area contributed by atoms with Gasteiger partial charge in [0, 0.05) is 29.9 Å². The Labute approximate surface area is 164 Å². The molecular formula is C18H28N6O4. The molecule has 0 aliphatic carbocycles. The number of carboxylic acid groups (broad SMARTS) is 1. The van der Waals surface area contributed by atoms with Gasteiger partial charge in [-0.3, -0.25) is 15.0 Å². The van der Waals surface area contributed by atoms with Gasteiger partial charge in [-0.05, 0) is 32.9 Å². The average molecular weight is 392 g/mol. The normalized spacial score (nSPS) is 10.7.